The van der Waals surface area contributed by atoms with Crippen LogP contribution in [0, 0.1) is 6.92 Å². The SMILES string of the molecule is [CH2]CCCCC[Si](O[Si](O[Si](O[Si](c1ccccc1)(c1ccccc1)c1ccccc1)(c1ccccc1)c1ccccc1)(c1ccccc1)c1ccccc1)(c1ccccc1)c1ccccc1. The van der Waals surface area contributed by atoms with Crippen molar-refractivity contribution < 1.29 is 12.3 Å². The Labute approximate surface area is 402 Å². The van der Waals surface area contributed by atoms with Crippen molar-refractivity contribution in [2.24, 2.45) is 0 Å². The van der Waals surface area contributed by atoms with Crippen LogP contribution in [0.5, 0.6) is 0 Å². The lowest BCUT2D eigenvalue weighted by Gasteiger charge is -2.49. The molecule has 0 amide bonds. The van der Waals surface area contributed by atoms with Crippen LogP contribution in [0.15, 0.2) is 273 Å². The molecule has 0 heterocycles. The minimum absolute atomic E-state index is 0.863. The van der Waals surface area contributed by atoms with E-state index in [4.69, 9.17) is 12.3 Å². The molecule has 0 atom stereocenters. The van der Waals surface area contributed by atoms with Crippen LogP contribution in [0.4, 0.5) is 0 Å². The lowest BCUT2D eigenvalue weighted by atomic mass is 10.2. The zero-order valence-corrected chi connectivity index (χ0v) is 41.9. The number of hydrogen-bond donors (Lipinski definition) is 0. The van der Waals surface area contributed by atoms with Crippen molar-refractivity contribution in [1.82, 2.24) is 0 Å². The van der Waals surface area contributed by atoms with Gasteiger partial charge in [0.2, 0.25) is 8.32 Å². The van der Waals surface area contributed by atoms with Crippen LogP contribution in [-0.2, 0) is 12.3 Å². The van der Waals surface area contributed by atoms with E-state index in [9.17, 15) is 0 Å². The summed E-state index contributed by atoms with van der Waals surface area (Å²) in [6.45, 7) is 4.23. The number of rotatable bonds is 20. The summed E-state index contributed by atoms with van der Waals surface area (Å²) in [5.74, 6) is 0. The molecule has 0 spiro atoms. The zero-order valence-electron chi connectivity index (χ0n) is 37.9. The highest BCUT2D eigenvalue weighted by atomic mass is 28.5. The molecule has 0 unspecified atom stereocenters. The summed E-state index contributed by atoms with van der Waals surface area (Å²) >= 11 is 0. The van der Waals surface area contributed by atoms with Gasteiger partial charge in [0.1, 0.15) is 0 Å². The van der Waals surface area contributed by atoms with Crippen molar-refractivity contribution in [3.8, 4) is 0 Å². The summed E-state index contributed by atoms with van der Waals surface area (Å²) < 4.78 is 26.5. The average molecular weight is 938 g/mol. The number of benzene rings is 9. The van der Waals surface area contributed by atoms with Gasteiger partial charge < -0.3 is 12.3 Å². The number of unbranched alkanes of at least 4 members (excludes halogenated alkanes) is 3. The summed E-state index contributed by atoms with van der Waals surface area (Å²) in [5, 5.41) is 9.92. The predicted molar refractivity (Wildman–Crippen MR) is 290 cm³/mol. The van der Waals surface area contributed by atoms with Crippen molar-refractivity contribution in [2.75, 3.05) is 0 Å². The van der Waals surface area contributed by atoms with Gasteiger partial charge in [0.15, 0.2) is 0 Å². The third kappa shape index (κ3) is 9.50. The Morgan fingerprint density at radius 2 is 0.507 bits per heavy atom. The molecule has 0 N–H and O–H groups in total. The molecule has 9 aromatic carbocycles. The first-order chi connectivity index (χ1) is 33.1. The smallest absolute Gasteiger partial charge is 0.389 e. The molecule has 0 fully saturated rings. The van der Waals surface area contributed by atoms with Crippen LogP contribution in [0.1, 0.15) is 25.7 Å². The molecular formula is C60H57O3Si4. The molecule has 331 valence electrons. The second kappa shape index (κ2) is 21.6. The van der Waals surface area contributed by atoms with Gasteiger partial charge >= 0.3 is 17.1 Å². The molecule has 67 heavy (non-hydrogen) atoms. The molecule has 0 aliphatic rings. The van der Waals surface area contributed by atoms with E-state index in [1.807, 2.05) is 0 Å². The summed E-state index contributed by atoms with van der Waals surface area (Å²) in [7, 11) is -14.9. The average Bonchev–Trinajstić information content (AvgIpc) is 3.42. The van der Waals surface area contributed by atoms with Gasteiger partial charge in [0, 0.05) is 0 Å². The maximum absolute atomic E-state index is 8.91. The molecule has 9 rings (SSSR count). The molecule has 0 aliphatic carbocycles. The monoisotopic (exact) mass is 937 g/mol. The molecule has 0 saturated carbocycles. The molecule has 0 saturated heterocycles. The minimum Gasteiger partial charge on any atom is -0.422 e. The van der Waals surface area contributed by atoms with E-state index in [0.29, 0.717) is 0 Å². The first kappa shape index (κ1) is 45.9. The standard InChI is InChI=1S/C60H57O3Si4/c1-2-3-4-32-51-64(52-33-14-5-15-34-52,53-35-16-6-17-36-53)61-66(57-43-24-10-25-44-57,58-45-26-11-27-46-58)63-67(59-47-28-12-29-48-59,60-49-30-13-31-50-60)62-65(54-37-18-7-19-38-54,55-39-20-8-21-40-55)56-41-22-9-23-42-56/h5-31,33-50H,1-4,32,51H2. The van der Waals surface area contributed by atoms with E-state index in [-0.39, 0.29) is 0 Å². The second-order valence-electron chi connectivity index (χ2n) is 17.0. The Morgan fingerprint density at radius 1 is 0.254 bits per heavy atom. The number of hydrogen-bond acceptors (Lipinski definition) is 3. The van der Waals surface area contributed by atoms with Crippen LogP contribution in [0.3, 0.4) is 0 Å². The largest absolute Gasteiger partial charge is 0.422 e. The normalized spacial score (nSPS) is 12.1. The fraction of sp³-hybridized carbons (Fsp3) is 0.0833. The highest BCUT2D eigenvalue weighted by Crippen LogP contribution is 2.29. The van der Waals surface area contributed by atoms with Crippen LogP contribution >= 0.6 is 0 Å². The van der Waals surface area contributed by atoms with Gasteiger partial charge in [-0.2, -0.15) is 0 Å². The highest BCUT2D eigenvalue weighted by molar-refractivity contribution is 7.16. The molecule has 1 radical (unpaired) electrons. The third-order valence-electron chi connectivity index (χ3n) is 12.8. The first-order valence-electron chi connectivity index (χ1n) is 23.5. The predicted octanol–water partition coefficient (Wildman–Crippen LogP) is 8.37. The van der Waals surface area contributed by atoms with Crippen molar-refractivity contribution in [2.45, 2.75) is 31.7 Å². The Balaban J connectivity index is 1.43. The minimum atomic E-state index is -4.07. The quantitative estimate of drug-likeness (QED) is 0.0437. The van der Waals surface area contributed by atoms with Gasteiger partial charge in [0.05, 0.1) is 0 Å². The van der Waals surface area contributed by atoms with E-state index in [1.165, 1.54) is 10.4 Å². The Bertz CT molecular complexity index is 2630. The van der Waals surface area contributed by atoms with Crippen LogP contribution < -0.4 is 46.7 Å². The molecule has 0 aliphatic heterocycles. The molecule has 9 aromatic rings. The maximum atomic E-state index is 8.91. The summed E-state index contributed by atoms with van der Waals surface area (Å²) in [4.78, 5) is 0. The van der Waals surface area contributed by atoms with Crippen LogP contribution in [0.2, 0.25) is 6.04 Å². The molecule has 7 heteroatoms. The van der Waals surface area contributed by atoms with Crippen molar-refractivity contribution in [3.05, 3.63) is 280 Å². The molecule has 0 aromatic heterocycles. The van der Waals surface area contributed by atoms with E-state index >= 15 is 0 Å². The van der Waals surface area contributed by atoms with E-state index in [2.05, 4.69) is 280 Å². The van der Waals surface area contributed by atoms with E-state index < -0.39 is 33.8 Å². The van der Waals surface area contributed by atoms with Gasteiger partial charge in [-0.05, 0) is 52.7 Å². The second-order valence-corrected chi connectivity index (χ2v) is 30.6. The molecule has 0 bridgehead atoms. The molecule has 3 nitrogen and oxygen atoms in total. The topological polar surface area (TPSA) is 27.7 Å². The Hall–Kier alpha value is -6.27. The summed E-state index contributed by atoms with van der Waals surface area (Å²) in [6.07, 6.45) is 4.00. The Kier molecular flexibility index (Phi) is 14.8. The molecular weight excluding hydrogens is 881 g/mol. The lowest BCUT2D eigenvalue weighted by molar-refractivity contribution is 0.360. The lowest BCUT2D eigenvalue weighted by Crippen LogP contribution is -2.83. The highest BCUT2D eigenvalue weighted by Gasteiger charge is 2.61. The van der Waals surface area contributed by atoms with Crippen molar-refractivity contribution in [1.29, 1.82) is 0 Å². The summed E-state index contributed by atoms with van der Waals surface area (Å²) in [5.41, 5.74) is 0. The van der Waals surface area contributed by atoms with Gasteiger partial charge in [-0.25, -0.2) is 0 Å². The fourth-order valence-corrected chi connectivity index (χ4v) is 31.8. The van der Waals surface area contributed by atoms with E-state index in [1.54, 1.807) is 0 Å². The Morgan fingerprint density at radius 3 is 0.791 bits per heavy atom. The van der Waals surface area contributed by atoms with Crippen LogP contribution in [0.25, 0.3) is 0 Å². The van der Waals surface area contributed by atoms with Crippen LogP contribution in [-0.4, -0.2) is 33.8 Å². The third-order valence-corrected chi connectivity index (χ3v) is 31.4. The van der Waals surface area contributed by atoms with E-state index in [0.717, 1.165) is 68.0 Å². The summed E-state index contributed by atoms with van der Waals surface area (Å²) in [6, 6.07) is 99.0. The van der Waals surface area contributed by atoms with Gasteiger partial charge in [-0.3, -0.25) is 0 Å². The van der Waals surface area contributed by atoms with Gasteiger partial charge in [0.25, 0.3) is 8.32 Å². The van der Waals surface area contributed by atoms with Crippen molar-refractivity contribution >= 4 is 80.4 Å². The fourth-order valence-electron chi connectivity index (χ4n) is 9.60. The van der Waals surface area contributed by atoms with Gasteiger partial charge in [-0.15, -0.1) is 0 Å². The maximum Gasteiger partial charge on any atom is 0.389 e. The first-order valence-corrected chi connectivity index (χ1v) is 31.2. The zero-order chi connectivity index (χ0) is 45.7. The van der Waals surface area contributed by atoms with Gasteiger partial charge in [-0.1, -0.05) is 306 Å². The van der Waals surface area contributed by atoms with Crippen molar-refractivity contribution in [3.63, 3.8) is 0 Å².